The highest BCUT2D eigenvalue weighted by molar-refractivity contribution is 5.96. The lowest BCUT2D eigenvalue weighted by Crippen LogP contribution is -2.47. The van der Waals surface area contributed by atoms with Crippen LogP contribution in [0.25, 0.3) is 10.9 Å². The number of amides is 1. The third-order valence-corrected chi connectivity index (χ3v) is 4.40. The first-order valence-electron chi connectivity index (χ1n) is 8.40. The Hall–Kier alpha value is -2.70. The minimum absolute atomic E-state index is 0.114. The number of carbonyl (C=O) groups is 1. The summed E-state index contributed by atoms with van der Waals surface area (Å²) in [6.07, 6.45) is 1.29. The van der Waals surface area contributed by atoms with Crippen LogP contribution in [0.4, 0.5) is 5.69 Å². The molecule has 6 heteroatoms. The van der Waals surface area contributed by atoms with Crippen LogP contribution in [-0.4, -0.2) is 46.8 Å². The number of rotatable bonds is 4. The number of aromatic nitrogens is 2. The van der Waals surface area contributed by atoms with Crippen molar-refractivity contribution < 1.29 is 9.53 Å². The molecule has 1 aliphatic rings. The van der Waals surface area contributed by atoms with Crippen LogP contribution < -0.4 is 5.32 Å². The molecule has 1 amide bonds. The first-order chi connectivity index (χ1) is 12.3. The second-order valence-corrected chi connectivity index (χ2v) is 6.24. The number of ether oxygens (including phenoxy) is 1. The quantitative estimate of drug-likeness (QED) is 0.767. The Kier molecular flexibility index (Phi) is 4.45. The Labute approximate surface area is 145 Å². The Morgan fingerprint density at radius 3 is 3.04 bits per heavy atom. The molecule has 3 aromatic rings. The third-order valence-electron chi connectivity index (χ3n) is 4.40. The molecule has 128 valence electrons. The monoisotopic (exact) mass is 336 g/mol. The van der Waals surface area contributed by atoms with E-state index in [1.807, 2.05) is 36.4 Å². The van der Waals surface area contributed by atoms with Gasteiger partial charge in [0.25, 0.3) is 5.91 Å². The van der Waals surface area contributed by atoms with Gasteiger partial charge < -0.3 is 10.1 Å². The summed E-state index contributed by atoms with van der Waals surface area (Å²) in [6, 6.07) is 16.0. The van der Waals surface area contributed by atoms with Crippen LogP contribution in [0.3, 0.4) is 0 Å². The van der Waals surface area contributed by atoms with E-state index in [2.05, 4.69) is 32.5 Å². The maximum absolute atomic E-state index is 12.6. The van der Waals surface area contributed by atoms with Crippen LogP contribution in [0.1, 0.15) is 5.56 Å². The van der Waals surface area contributed by atoms with Crippen LogP contribution in [0, 0.1) is 0 Å². The highest BCUT2D eigenvalue weighted by atomic mass is 16.5. The predicted molar refractivity (Wildman–Crippen MR) is 96.2 cm³/mol. The van der Waals surface area contributed by atoms with E-state index in [0.29, 0.717) is 13.2 Å². The van der Waals surface area contributed by atoms with Gasteiger partial charge in [0.15, 0.2) is 0 Å². The standard InChI is InChI=1S/C19H20N4O2/c24-19(21-16-7-6-15-11-20-22-17(15)10-16)18-13-23(8-9-25-18)12-14-4-2-1-3-5-14/h1-7,10-11,18H,8-9,12-13H2,(H,20,22)(H,21,24)/t18-/m1/s1. The van der Waals surface area contributed by atoms with Crippen molar-refractivity contribution in [2.45, 2.75) is 12.6 Å². The molecule has 25 heavy (non-hydrogen) atoms. The van der Waals surface area contributed by atoms with Gasteiger partial charge in [0.1, 0.15) is 6.10 Å². The number of aromatic amines is 1. The van der Waals surface area contributed by atoms with Crippen molar-refractivity contribution in [3.05, 3.63) is 60.3 Å². The third kappa shape index (κ3) is 3.70. The number of anilines is 1. The molecule has 2 N–H and O–H groups in total. The Bertz CT molecular complexity index is 862. The average molecular weight is 336 g/mol. The summed E-state index contributed by atoms with van der Waals surface area (Å²) in [4.78, 5) is 14.8. The molecule has 1 saturated heterocycles. The van der Waals surface area contributed by atoms with Crippen LogP contribution in [0.2, 0.25) is 0 Å². The van der Waals surface area contributed by atoms with Crippen LogP contribution in [-0.2, 0) is 16.1 Å². The van der Waals surface area contributed by atoms with Gasteiger partial charge in [0, 0.05) is 30.7 Å². The van der Waals surface area contributed by atoms with Gasteiger partial charge in [-0.05, 0) is 23.8 Å². The molecule has 0 unspecified atom stereocenters. The largest absolute Gasteiger partial charge is 0.366 e. The smallest absolute Gasteiger partial charge is 0.254 e. The summed E-state index contributed by atoms with van der Waals surface area (Å²) in [5, 5.41) is 10.9. The zero-order valence-electron chi connectivity index (χ0n) is 13.8. The van der Waals surface area contributed by atoms with Crippen LogP contribution >= 0.6 is 0 Å². The van der Waals surface area contributed by atoms with Crippen LogP contribution in [0.5, 0.6) is 0 Å². The molecule has 1 atom stereocenters. The molecule has 0 bridgehead atoms. The first-order valence-corrected chi connectivity index (χ1v) is 8.40. The maximum atomic E-state index is 12.6. The summed E-state index contributed by atoms with van der Waals surface area (Å²) in [7, 11) is 0. The molecule has 0 saturated carbocycles. The molecule has 1 fully saturated rings. The second kappa shape index (κ2) is 7.04. The van der Waals surface area contributed by atoms with Crippen molar-refractivity contribution in [1.29, 1.82) is 0 Å². The van der Waals surface area contributed by atoms with E-state index in [0.717, 1.165) is 29.7 Å². The summed E-state index contributed by atoms with van der Waals surface area (Å²) in [6.45, 7) is 2.81. The lowest BCUT2D eigenvalue weighted by Gasteiger charge is -2.32. The zero-order valence-corrected chi connectivity index (χ0v) is 13.8. The van der Waals surface area contributed by atoms with Gasteiger partial charge in [-0.15, -0.1) is 0 Å². The number of nitrogens with zero attached hydrogens (tertiary/aromatic N) is 2. The number of hydrogen-bond donors (Lipinski definition) is 2. The molecule has 1 aromatic heterocycles. The minimum Gasteiger partial charge on any atom is -0.366 e. The van der Waals surface area contributed by atoms with Gasteiger partial charge in [-0.3, -0.25) is 14.8 Å². The number of nitrogens with one attached hydrogen (secondary N) is 2. The van der Waals surface area contributed by atoms with Gasteiger partial charge in [-0.1, -0.05) is 30.3 Å². The van der Waals surface area contributed by atoms with Gasteiger partial charge in [-0.25, -0.2) is 0 Å². The van der Waals surface area contributed by atoms with E-state index in [-0.39, 0.29) is 5.91 Å². The van der Waals surface area contributed by atoms with Gasteiger partial charge in [-0.2, -0.15) is 5.10 Å². The minimum atomic E-state index is -0.463. The zero-order chi connectivity index (χ0) is 17.1. The van der Waals surface area contributed by atoms with Crippen molar-refractivity contribution in [3.63, 3.8) is 0 Å². The van der Waals surface area contributed by atoms with Crippen molar-refractivity contribution in [3.8, 4) is 0 Å². The number of benzene rings is 2. The Balaban J connectivity index is 1.39. The second-order valence-electron chi connectivity index (χ2n) is 6.24. The van der Waals surface area contributed by atoms with E-state index < -0.39 is 6.10 Å². The van der Waals surface area contributed by atoms with Gasteiger partial charge in [0.2, 0.25) is 0 Å². The summed E-state index contributed by atoms with van der Waals surface area (Å²) in [5.41, 5.74) is 2.88. The summed E-state index contributed by atoms with van der Waals surface area (Å²) >= 11 is 0. The topological polar surface area (TPSA) is 70.2 Å². The number of hydrogen-bond acceptors (Lipinski definition) is 4. The van der Waals surface area contributed by atoms with Gasteiger partial charge in [0.05, 0.1) is 18.3 Å². The molecule has 0 aliphatic carbocycles. The summed E-state index contributed by atoms with van der Waals surface area (Å²) in [5.74, 6) is -0.114. The van der Waals surface area contributed by atoms with E-state index in [9.17, 15) is 4.79 Å². The fraction of sp³-hybridized carbons (Fsp3) is 0.263. The summed E-state index contributed by atoms with van der Waals surface area (Å²) < 4.78 is 5.68. The molecular weight excluding hydrogens is 316 g/mol. The molecule has 4 rings (SSSR count). The van der Waals surface area contributed by atoms with E-state index in [1.54, 1.807) is 6.20 Å². The van der Waals surface area contributed by atoms with E-state index in [1.165, 1.54) is 5.56 Å². The van der Waals surface area contributed by atoms with E-state index >= 15 is 0 Å². The van der Waals surface area contributed by atoms with Crippen molar-refractivity contribution in [2.24, 2.45) is 0 Å². The van der Waals surface area contributed by atoms with Crippen molar-refractivity contribution in [1.82, 2.24) is 15.1 Å². The lowest BCUT2D eigenvalue weighted by molar-refractivity contribution is -0.133. The fourth-order valence-corrected chi connectivity index (χ4v) is 3.08. The molecule has 2 aromatic carbocycles. The molecule has 6 nitrogen and oxygen atoms in total. The van der Waals surface area contributed by atoms with Crippen molar-refractivity contribution in [2.75, 3.05) is 25.0 Å². The number of H-pyrrole nitrogens is 1. The van der Waals surface area contributed by atoms with Crippen molar-refractivity contribution >= 4 is 22.5 Å². The molecule has 1 aliphatic heterocycles. The molecule has 0 radical (unpaired) electrons. The number of fused-ring (bicyclic) bond motifs is 1. The Morgan fingerprint density at radius 2 is 2.16 bits per heavy atom. The molecular formula is C19H20N4O2. The predicted octanol–water partition coefficient (Wildman–Crippen LogP) is 2.40. The van der Waals surface area contributed by atoms with Gasteiger partial charge >= 0.3 is 0 Å². The maximum Gasteiger partial charge on any atom is 0.254 e. The number of morpholine rings is 1. The molecule has 0 spiro atoms. The molecule has 2 heterocycles. The van der Waals surface area contributed by atoms with E-state index in [4.69, 9.17) is 4.74 Å². The Morgan fingerprint density at radius 1 is 1.28 bits per heavy atom. The lowest BCUT2D eigenvalue weighted by atomic mass is 10.1. The highest BCUT2D eigenvalue weighted by Gasteiger charge is 2.26. The SMILES string of the molecule is O=C(Nc1ccc2cn[nH]c2c1)[C@H]1CN(Cc2ccccc2)CCO1. The average Bonchev–Trinajstić information content (AvgIpc) is 3.10. The fourth-order valence-electron chi connectivity index (χ4n) is 3.08. The number of carbonyl (C=O) groups excluding carboxylic acids is 1. The highest BCUT2D eigenvalue weighted by Crippen LogP contribution is 2.18. The van der Waals surface area contributed by atoms with Crippen LogP contribution in [0.15, 0.2) is 54.7 Å². The first kappa shape index (κ1) is 15.8. The normalized spacial score (nSPS) is 18.3.